The second-order valence-corrected chi connectivity index (χ2v) is 6.04. The normalized spacial score (nSPS) is 10.1. The number of phenolic OH excluding ortho intramolecular Hbond substituents is 1. The van der Waals surface area contributed by atoms with Crippen LogP contribution < -0.4 is 5.73 Å². The molecule has 0 unspecified atom stereocenters. The number of hydrogen-bond donors (Lipinski definition) is 2. The molecule has 3 nitrogen and oxygen atoms in total. The molecule has 0 saturated carbocycles. The van der Waals surface area contributed by atoms with Crippen LogP contribution >= 0.6 is 11.6 Å². The molecule has 0 aliphatic carbocycles. The molecule has 0 aliphatic rings. The van der Waals surface area contributed by atoms with E-state index in [2.05, 4.69) is 4.98 Å². The summed E-state index contributed by atoms with van der Waals surface area (Å²) in [5.74, 6) is 0.224. The van der Waals surface area contributed by atoms with Gasteiger partial charge in [0.15, 0.2) is 0 Å². The van der Waals surface area contributed by atoms with E-state index in [4.69, 9.17) is 17.3 Å². The smallest absolute Gasteiger partial charge is 0.131 e. The Morgan fingerprint density at radius 1 is 0.920 bits per heavy atom. The predicted molar refractivity (Wildman–Crippen MR) is 107 cm³/mol. The number of nitrogens with zero attached hydrogens (tertiary/aromatic N) is 1. The molecule has 0 fully saturated rings. The van der Waals surface area contributed by atoms with Crippen LogP contribution in [-0.4, -0.2) is 10.1 Å². The van der Waals surface area contributed by atoms with Crippen LogP contribution in [0, 0.1) is 13.8 Å². The van der Waals surface area contributed by atoms with Crippen molar-refractivity contribution >= 4 is 17.3 Å². The van der Waals surface area contributed by atoms with Gasteiger partial charge in [-0.25, -0.2) is 0 Å². The Hall–Kier alpha value is -2.52. The quantitative estimate of drug-likeness (QED) is 0.555. The van der Waals surface area contributed by atoms with E-state index in [0.29, 0.717) is 10.7 Å². The second-order valence-electron chi connectivity index (χ2n) is 5.63. The molecule has 4 heteroatoms. The molecule has 0 amide bonds. The average Bonchev–Trinajstić information content (AvgIpc) is 2.61. The molecule has 0 spiro atoms. The Labute approximate surface area is 154 Å². The van der Waals surface area contributed by atoms with Gasteiger partial charge in [-0.2, -0.15) is 0 Å². The Bertz CT molecular complexity index is 891. The number of pyridine rings is 1. The number of rotatable bonds is 2. The lowest BCUT2D eigenvalue weighted by atomic mass is 9.95. The SMILES string of the molecule is CC.Cc1cc(-c2ccnc(C)c2)c(O)c(-c2ccc(N)c(Cl)c2)c1. The van der Waals surface area contributed by atoms with E-state index in [1.54, 1.807) is 18.3 Å². The second kappa shape index (κ2) is 8.04. The van der Waals surface area contributed by atoms with Crippen molar-refractivity contribution in [3.8, 4) is 28.0 Å². The fourth-order valence-electron chi connectivity index (χ4n) is 2.63. The summed E-state index contributed by atoms with van der Waals surface area (Å²) in [6, 6.07) is 13.1. The molecule has 25 heavy (non-hydrogen) atoms. The van der Waals surface area contributed by atoms with E-state index < -0.39 is 0 Å². The number of anilines is 1. The third kappa shape index (κ3) is 4.12. The van der Waals surface area contributed by atoms with Gasteiger partial charge in [0.25, 0.3) is 0 Å². The summed E-state index contributed by atoms with van der Waals surface area (Å²) in [7, 11) is 0. The molecule has 1 heterocycles. The topological polar surface area (TPSA) is 59.1 Å². The van der Waals surface area contributed by atoms with Crippen molar-refractivity contribution in [3.05, 3.63) is 64.9 Å². The number of halogens is 1. The van der Waals surface area contributed by atoms with Gasteiger partial charge in [0.2, 0.25) is 0 Å². The van der Waals surface area contributed by atoms with Gasteiger partial charge in [0, 0.05) is 23.0 Å². The molecule has 0 bridgehead atoms. The van der Waals surface area contributed by atoms with Gasteiger partial charge in [0.1, 0.15) is 5.75 Å². The monoisotopic (exact) mass is 354 g/mol. The maximum Gasteiger partial charge on any atom is 0.131 e. The Morgan fingerprint density at radius 3 is 2.08 bits per heavy atom. The minimum atomic E-state index is 0.224. The van der Waals surface area contributed by atoms with Crippen molar-refractivity contribution in [2.75, 3.05) is 5.73 Å². The van der Waals surface area contributed by atoms with Gasteiger partial charge in [-0.15, -0.1) is 0 Å². The fourth-order valence-corrected chi connectivity index (χ4v) is 2.81. The molecule has 0 radical (unpaired) electrons. The van der Waals surface area contributed by atoms with Gasteiger partial charge >= 0.3 is 0 Å². The number of benzene rings is 2. The van der Waals surface area contributed by atoms with Crippen LogP contribution in [-0.2, 0) is 0 Å². The summed E-state index contributed by atoms with van der Waals surface area (Å²) in [5, 5.41) is 11.3. The minimum absolute atomic E-state index is 0.224. The number of phenols is 1. The van der Waals surface area contributed by atoms with Crippen molar-refractivity contribution in [2.24, 2.45) is 0 Å². The fraction of sp³-hybridized carbons (Fsp3) is 0.190. The van der Waals surface area contributed by atoms with E-state index in [1.165, 1.54) is 0 Å². The zero-order chi connectivity index (χ0) is 18.6. The summed E-state index contributed by atoms with van der Waals surface area (Å²) in [6.07, 6.45) is 1.74. The molecule has 0 atom stereocenters. The highest BCUT2D eigenvalue weighted by molar-refractivity contribution is 6.33. The third-order valence-corrected chi connectivity index (χ3v) is 4.10. The zero-order valence-corrected chi connectivity index (χ0v) is 15.7. The summed E-state index contributed by atoms with van der Waals surface area (Å²) in [5.41, 5.74) is 11.5. The summed E-state index contributed by atoms with van der Waals surface area (Å²) in [4.78, 5) is 4.21. The Balaban J connectivity index is 0.00000109. The first-order valence-electron chi connectivity index (χ1n) is 8.28. The average molecular weight is 355 g/mol. The number of hydrogen-bond acceptors (Lipinski definition) is 3. The lowest BCUT2D eigenvalue weighted by Gasteiger charge is -2.13. The number of aromatic nitrogens is 1. The molecule has 0 saturated heterocycles. The van der Waals surface area contributed by atoms with E-state index in [0.717, 1.165) is 33.5 Å². The highest BCUT2D eigenvalue weighted by Gasteiger charge is 2.13. The van der Waals surface area contributed by atoms with E-state index in [9.17, 15) is 5.11 Å². The zero-order valence-electron chi connectivity index (χ0n) is 15.0. The highest BCUT2D eigenvalue weighted by Crippen LogP contribution is 2.40. The molecular weight excluding hydrogens is 332 g/mol. The molecular formula is C21H23ClN2O. The van der Waals surface area contributed by atoms with Crippen LogP contribution in [0.4, 0.5) is 5.69 Å². The predicted octanol–water partition coefficient (Wildman–Crippen LogP) is 6.00. The van der Waals surface area contributed by atoms with E-state index in [1.807, 2.05) is 58.0 Å². The van der Waals surface area contributed by atoms with Gasteiger partial charge < -0.3 is 10.8 Å². The van der Waals surface area contributed by atoms with Gasteiger partial charge in [-0.1, -0.05) is 31.5 Å². The first kappa shape index (κ1) is 18.8. The first-order valence-corrected chi connectivity index (χ1v) is 8.65. The van der Waals surface area contributed by atoms with Crippen molar-refractivity contribution in [3.63, 3.8) is 0 Å². The maximum absolute atomic E-state index is 10.8. The van der Waals surface area contributed by atoms with Crippen molar-refractivity contribution < 1.29 is 5.11 Å². The maximum atomic E-state index is 10.8. The standard InChI is InChI=1S/C19H17ClN2O.C2H6/c1-11-7-15(13-3-4-18(21)17(20)10-13)19(23)16(8-11)14-5-6-22-12(2)9-14;1-2/h3-10,23H,21H2,1-2H3;1-2H3. The molecule has 130 valence electrons. The van der Waals surface area contributed by atoms with Crippen LogP contribution in [0.25, 0.3) is 22.3 Å². The lowest BCUT2D eigenvalue weighted by molar-refractivity contribution is 0.479. The Kier molecular flexibility index (Phi) is 6.05. The van der Waals surface area contributed by atoms with Crippen molar-refractivity contribution in [1.82, 2.24) is 4.98 Å². The molecule has 3 aromatic rings. The van der Waals surface area contributed by atoms with Crippen LogP contribution in [0.15, 0.2) is 48.7 Å². The Morgan fingerprint density at radius 2 is 1.52 bits per heavy atom. The number of nitrogen functional groups attached to an aromatic ring is 1. The number of nitrogens with two attached hydrogens (primary N) is 1. The summed E-state index contributed by atoms with van der Waals surface area (Å²) < 4.78 is 0. The number of aryl methyl sites for hydroxylation is 2. The van der Waals surface area contributed by atoms with Crippen LogP contribution in [0.2, 0.25) is 5.02 Å². The first-order chi connectivity index (χ1) is 12.0. The lowest BCUT2D eigenvalue weighted by Crippen LogP contribution is -1.90. The van der Waals surface area contributed by atoms with E-state index >= 15 is 0 Å². The molecule has 0 aliphatic heterocycles. The van der Waals surface area contributed by atoms with Gasteiger partial charge in [-0.3, -0.25) is 4.98 Å². The molecule has 2 aromatic carbocycles. The van der Waals surface area contributed by atoms with Gasteiger partial charge in [0.05, 0.1) is 10.7 Å². The summed E-state index contributed by atoms with van der Waals surface area (Å²) in [6.45, 7) is 7.93. The summed E-state index contributed by atoms with van der Waals surface area (Å²) >= 11 is 6.12. The van der Waals surface area contributed by atoms with Crippen molar-refractivity contribution in [1.29, 1.82) is 0 Å². The largest absolute Gasteiger partial charge is 0.507 e. The molecule has 1 aromatic heterocycles. The minimum Gasteiger partial charge on any atom is -0.507 e. The van der Waals surface area contributed by atoms with Crippen molar-refractivity contribution in [2.45, 2.75) is 27.7 Å². The highest BCUT2D eigenvalue weighted by atomic mass is 35.5. The van der Waals surface area contributed by atoms with E-state index in [-0.39, 0.29) is 5.75 Å². The third-order valence-electron chi connectivity index (χ3n) is 3.77. The number of aromatic hydroxyl groups is 1. The van der Waals surface area contributed by atoms with Crippen LogP contribution in [0.3, 0.4) is 0 Å². The molecule has 3 rings (SSSR count). The van der Waals surface area contributed by atoms with Crippen LogP contribution in [0.1, 0.15) is 25.1 Å². The van der Waals surface area contributed by atoms with Crippen LogP contribution in [0.5, 0.6) is 5.75 Å². The molecule has 3 N–H and O–H groups in total. The van der Waals surface area contributed by atoms with Gasteiger partial charge in [-0.05, 0) is 66.9 Å².